The lowest BCUT2D eigenvalue weighted by molar-refractivity contribution is 0.353. The van der Waals surface area contributed by atoms with Gasteiger partial charge in [-0.05, 0) is 48.3 Å². The van der Waals surface area contributed by atoms with E-state index < -0.39 is 0 Å². The van der Waals surface area contributed by atoms with E-state index in [2.05, 4.69) is 43.2 Å². The van der Waals surface area contributed by atoms with Crippen LogP contribution >= 0.6 is 0 Å². The fourth-order valence-corrected chi connectivity index (χ4v) is 4.02. The summed E-state index contributed by atoms with van der Waals surface area (Å²) in [5.74, 6) is 1.64. The lowest BCUT2D eigenvalue weighted by Crippen LogP contribution is -2.20. The number of hydrogen-bond donors (Lipinski definition) is 1. The van der Waals surface area contributed by atoms with E-state index >= 15 is 0 Å². The summed E-state index contributed by atoms with van der Waals surface area (Å²) in [6.45, 7) is 4.62. The van der Waals surface area contributed by atoms with Crippen LogP contribution in [0, 0.1) is 5.92 Å². The summed E-state index contributed by atoms with van der Waals surface area (Å²) in [5, 5.41) is 1.54. The third-order valence-corrected chi connectivity index (χ3v) is 5.07. The van der Waals surface area contributed by atoms with E-state index in [1.54, 1.807) is 16.5 Å². The van der Waals surface area contributed by atoms with Crippen molar-refractivity contribution in [3.63, 3.8) is 0 Å². The zero-order valence-corrected chi connectivity index (χ0v) is 12.9. The second-order valence-corrected chi connectivity index (χ2v) is 6.44. The highest BCUT2D eigenvalue weighted by Crippen LogP contribution is 2.44. The van der Waals surface area contributed by atoms with Crippen LogP contribution in [-0.4, -0.2) is 4.98 Å². The minimum absolute atomic E-state index is 0.786. The van der Waals surface area contributed by atoms with E-state index in [4.69, 9.17) is 0 Å². The summed E-state index contributed by atoms with van der Waals surface area (Å²) in [4.78, 5) is 3.47. The van der Waals surface area contributed by atoms with Gasteiger partial charge in [0, 0.05) is 17.1 Å². The van der Waals surface area contributed by atoms with Gasteiger partial charge in [0.2, 0.25) is 0 Å². The Bertz CT molecular complexity index is 566. The van der Waals surface area contributed by atoms with Gasteiger partial charge in [-0.3, -0.25) is 0 Å². The van der Waals surface area contributed by atoms with E-state index in [9.17, 15) is 0 Å². The van der Waals surface area contributed by atoms with Crippen LogP contribution in [0.3, 0.4) is 0 Å². The molecule has 1 aliphatic rings. The summed E-state index contributed by atoms with van der Waals surface area (Å²) >= 11 is 0. The second-order valence-electron chi connectivity index (χ2n) is 6.44. The molecule has 2 aromatic rings. The maximum atomic E-state index is 3.47. The van der Waals surface area contributed by atoms with Crippen molar-refractivity contribution in [3.8, 4) is 0 Å². The van der Waals surface area contributed by atoms with Crippen LogP contribution < -0.4 is 0 Å². The van der Waals surface area contributed by atoms with E-state index in [-0.39, 0.29) is 0 Å². The predicted octanol–water partition coefficient (Wildman–Crippen LogP) is 5.80. The Labute approximate surface area is 122 Å². The lowest BCUT2D eigenvalue weighted by Gasteiger charge is -2.32. The first-order valence-corrected chi connectivity index (χ1v) is 8.44. The molecule has 0 bridgehead atoms. The van der Waals surface area contributed by atoms with Gasteiger partial charge in [-0.1, -0.05) is 51.7 Å². The molecule has 0 radical (unpaired) electrons. The number of benzene rings is 1. The van der Waals surface area contributed by atoms with Crippen LogP contribution in [0.2, 0.25) is 0 Å². The maximum absolute atomic E-state index is 3.47. The fraction of sp³-hybridized carbons (Fsp3) is 0.579. The molecule has 108 valence electrons. The molecule has 1 N–H and O–H groups in total. The largest absolute Gasteiger partial charge is 0.361 e. The number of rotatable bonds is 6. The molecule has 1 aromatic carbocycles. The molecule has 1 aliphatic carbocycles. The van der Waals surface area contributed by atoms with Gasteiger partial charge in [-0.15, -0.1) is 0 Å². The molecule has 1 aromatic heterocycles. The average molecular weight is 269 g/mol. The Morgan fingerprint density at radius 1 is 1.10 bits per heavy atom. The van der Waals surface area contributed by atoms with E-state index in [1.807, 2.05) is 0 Å². The number of aromatic amines is 1. The molecule has 1 unspecified atom stereocenters. The number of aromatic nitrogens is 1. The van der Waals surface area contributed by atoms with Crippen LogP contribution in [0.15, 0.2) is 24.4 Å². The lowest BCUT2D eigenvalue weighted by atomic mass is 9.72. The molecule has 0 fully saturated rings. The molecular weight excluding hydrogens is 242 g/mol. The minimum atomic E-state index is 0.786. The van der Waals surface area contributed by atoms with Crippen LogP contribution in [0.1, 0.15) is 69.4 Å². The highest BCUT2D eigenvalue weighted by molar-refractivity contribution is 5.88. The fourth-order valence-electron chi connectivity index (χ4n) is 4.02. The standard InChI is InChI=1S/C19H27N/c1-3-5-8-14-12-15-13-20-18-11-7-10-17(19(15)18)16(14)9-6-4-2/h7,10-11,13-14,16,20H,3-6,8-9,12H2,1-2H3/t14-,16?/m1/s1. The molecule has 2 atom stereocenters. The van der Waals surface area contributed by atoms with Gasteiger partial charge < -0.3 is 4.98 Å². The molecule has 3 rings (SSSR count). The summed E-state index contributed by atoms with van der Waals surface area (Å²) in [5.41, 5.74) is 4.52. The molecule has 20 heavy (non-hydrogen) atoms. The first-order chi connectivity index (χ1) is 9.85. The van der Waals surface area contributed by atoms with Crippen molar-refractivity contribution < 1.29 is 0 Å². The third kappa shape index (κ3) is 2.39. The van der Waals surface area contributed by atoms with Crippen molar-refractivity contribution in [3.05, 3.63) is 35.5 Å². The predicted molar refractivity (Wildman–Crippen MR) is 87.3 cm³/mol. The second kappa shape index (κ2) is 6.03. The molecule has 0 amide bonds. The highest BCUT2D eigenvalue weighted by atomic mass is 14.7. The topological polar surface area (TPSA) is 15.8 Å². The van der Waals surface area contributed by atoms with Crippen molar-refractivity contribution in [2.45, 2.75) is 64.7 Å². The van der Waals surface area contributed by atoms with Crippen LogP contribution in [-0.2, 0) is 6.42 Å². The Morgan fingerprint density at radius 3 is 2.70 bits per heavy atom. The number of hydrogen-bond acceptors (Lipinski definition) is 0. The van der Waals surface area contributed by atoms with Crippen molar-refractivity contribution >= 4 is 10.9 Å². The summed E-state index contributed by atoms with van der Waals surface area (Å²) in [6.07, 6.45) is 11.7. The maximum Gasteiger partial charge on any atom is 0.0459 e. The van der Waals surface area contributed by atoms with Gasteiger partial charge in [0.15, 0.2) is 0 Å². The molecule has 1 heteroatoms. The molecule has 1 heterocycles. The molecule has 0 saturated heterocycles. The van der Waals surface area contributed by atoms with Gasteiger partial charge in [-0.2, -0.15) is 0 Å². The van der Waals surface area contributed by atoms with Gasteiger partial charge in [-0.25, -0.2) is 0 Å². The van der Waals surface area contributed by atoms with E-state index in [0.717, 1.165) is 11.8 Å². The zero-order chi connectivity index (χ0) is 13.9. The Kier molecular flexibility index (Phi) is 4.14. The van der Waals surface area contributed by atoms with Crippen LogP contribution in [0.25, 0.3) is 10.9 Å². The third-order valence-electron chi connectivity index (χ3n) is 5.07. The van der Waals surface area contributed by atoms with Crippen molar-refractivity contribution in [2.24, 2.45) is 5.92 Å². The molecule has 0 spiro atoms. The quantitative estimate of drug-likeness (QED) is 0.681. The van der Waals surface area contributed by atoms with E-state index in [1.165, 1.54) is 50.5 Å². The Morgan fingerprint density at radius 2 is 1.90 bits per heavy atom. The normalized spacial score (nSPS) is 21.5. The summed E-state index contributed by atoms with van der Waals surface area (Å²) < 4.78 is 0. The summed E-state index contributed by atoms with van der Waals surface area (Å²) in [6, 6.07) is 6.85. The van der Waals surface area contributed by atoms with Crippen molar-refractivity contribution in [1.29, 1.82) is 0 Å². The highest BCUT2D eigenvalue weighted by Gasteiger charge is 2.30. The number of unbranched alkanes of at least 4 members (excludes halogenated alkanes) is 2. The van der Waals surface area contributed by atoms with Crippen LogP contribution in [0.4, 0.5) is 0 Å². The molecular formula is C19H27N. The van der Waals surface area contributed by atoms with Gasteiger partial charge in [0.05, 0.1) is 0 Å². The summed E-state index contributed by atoms with van der Waals surface area (Å²) in [7, 11) is 0. The minimum Gasteiger partial charge on any atom is -0.361 e. The van der Waals surface area contributed by atoms with E-state index in [0.29, 0.717) is 0 Å². The first kappa shape index (κ1) is 13.7. The van der Waals surface area contributed by atoms with Gasteiger partial charge >= 0.3 is 0 Å². The molecule has 0 aliphatic heterocycles. The Hall–Kier alpha value is -1.24. The molecule has 1 nitrogen and oxygen atoms in total. The first-order valence-electron chi connectivity index (χ1n) is 8.44. The SMILES string of the molecule is CCCCC1c2cccc3[nH]cc(c23)C[C@H]1CCCC. The van der Waals surface area contributed by atoms with Gasteiger partial charge in [0.25, 0.3) is 0 Å². The smallest absolute Gasteiger partial charge is 0.0459 e. The number of nitrogens with one attached hydrogen (secondary N) is 1. The molecule has 0 saturated carbocycles. The monoisotopic (exact) mass is 269 g/mol. The number of H-pyrrole nitrogens is 1. The van der Waals surface area contributed by atoms with Crippen LogP contribution in [0.5, 0.6) is 0 Å². The van der Waals surface area contributed by atoms with Crippen molar-refractivity contribution in [1.82, 2.24) is 4.98 Å². The van der Waals surface area contributed by atoms with Gasteiger partial charge in [0.1, 0.15) is 0 Å². The Balaban J connectivity index is 1.96. The zero-order valence-electron chi connectivity index (χ0n) is 12.9. The van der Waals surface area contributed by atoms with Crippen molar-refractivity contribution in [2.75, 3.05) is 0 Å². The average Bonchev–Trinajstić information content (AvgIpc) is 2.89.